The van der Waals surface area contributed by atoms with E-state index in [1.807, 2.05) is 56.6 Å². The molecule has 2 heterocycles. The van der Waals surface area contributed by atoms with Gasteiger partial charge in [-0.05, 0) is 54.3 Å². The van der Waals surface area contributed by atoms with E-state index in [0.29, 0.717) is 30.8 Å². The van der Waals surface area contributed by atoms with Crippen molar-refractivity contribution in [2.24, 2.45) is 7.05 Å². The molecule has 156 valence electrons. The van der Waals surface area contributed by atoms with Gasteiger partial charge in [0.2, 0.25) is 11.8 Å². The van der Waals surface area contributed by atoms with Gasteiger partial charge in [0, 0.05) is 25.2 Å². The topological polar surface area (TPSA) is 97.0 Å². The van der Waals surface area contributed by atoms with E-state index < -0.39 is 5.92 Å². The van der Waals surface area contributed by atoms with Crippen LogP contribution in [0, 0.1) is 18.3 Å². The maximum atomic E-state index is 12.4. The largest absolute Gasteiger partial charge is 0.487 e. The maximum absolute atomic E-state index is 12.4. The highest BCUT2D eigenvalue weighted by Gasteiger charge is 2.30. The van der Waals surface area contributed by atoms with Crippen molar-refractivity contribution in [1.29, 1.82) is 5.26 Å². The monoisotopic (exact) mass is 414 g/mol. The number of nitrogens with zero attached hydrogens (tertiary/aromatic N) is 3. The standard InChI is InChI=1S/C24H22N4O3/c1-15-20(21-9-10-22(29)26-24(21)30)8-5-17(13-25)23(15)16-3-6-19(7-4-16)31-14-18-11-12-28(2)27-18/h3-8,11-12,21H,9-10,14H2,1-2H3,(H,26,29,30). The average Bonchev–Trinajstić information content (AvgIpc) is 3.18. The number of rotatable bonds is 5. The summed E-state index contributed by atoms with van der Waals surface area (Å²) >= 11 is 0. The molecule has 1 fully saturated rings. The van der Waals surface area contributed by atoms with Crippen molar-refractivity contribution < 1.29 is 14.3 Å². The highest BCUT2D eigenvalue weighted by atomic mass is 16.5. The van der Waals surface area contributed by atoms with Crippen LogP contribution in [0.4, 0.5) is 0 Å². The van der Waals surface area contributed by atoms with E-state index in [1.54, 1.807) is 10.7 Å². The van der Waals surface area contributed by atoms with Crippen LogP contribution < -0.4 is 10.1 Å². The molecule has 1 aromatic heterocycles. The lowest BCUT2D eigenvalue weighted by atomic mass is 9.83. The molecule has 2 aromatic carbocycles. The van der Waals surface area contributed by atoms with Gasteiger partial charge in [-0.2, -0.15) is 10.4 Å². The summed E-state index contributed by atoms with van der Waals surface area (Å²) in [5.41, 5.74) is 4.75. The first-order chi connectivity index (χ1) is 15.0. The first kappa shape index (κ1) is 20.4. The molecule has 1 unspecified atom stereocenters. The van der Waals surface area contributed by atoms with Crippen LogP contribution in [0.3, 0.4) is 0 Å². The molecule has 4 rings (SSSR count). The molecular weight excluding hydrogens is 392 g/mol. The minimum absolute atomic E-state index is 0.242. The van der Waals surface area contributed by atoms with Crippen LogP contribution in [0.2, 0.25) is 0 Å². The zero-order chi connectivity index (χ0) is 22.0. The second-order valence-corrected chi connectivity index (χ2v) is 7.61. The second-order valence-electron chi connectivity index (χ2n) is 7.61. The third-order valence-corrected chi connectivity index (χ3v) is 5.54. The van der Waals surface area contributed by atoms with E-state index in [9.17, 15) is 14.9 Å². The summed E-state index contributed by atoms with van der Waals surface area (Å²) in [5, 5.41) is 16.4. The van der Waals surface area contributed by atoms with Gasteiger partial charge in [-0.25, -0.2) is 0 Å². The first-order valence-corrected chi connectivity index (χ1v) is 10.1. The number of benzene rings is 2. The fourth-order valence-electron chi connectivity index (χ4n) is 3.98. The molecular formula is C24H22N4O3. The third-order valence-electron chi connectivity index (χ3n) is 5.54. The number of aromatic nitrogens is 2. The van der Waals surface area contributed by atoms with Crippen molar-refractivity contribution in [3.05, 3.63) is 71.0 Å². The number of imide groups is 1. The molecule has 7 heteroatoms. The lowest BCUT2D eigenvalue weighted by Crippen LogP contribution is -2.39. The number of carbonyl (C=O) groups excluding carboxylic acids is 2. The third kappa shape index (κ3) is 4.19. The molecule has 1 aliphatic heterocycles. The molecule has 31 heavy (non-hydrogen) atoms. The van der Waals surface area contributed by atoms with Crippen molar-refractivity contribution in [2.75, 3.05) is 0 Å². The van der Waals surface area contributed by atoms with Crippen LogP contribution in [-0.2, 0) is 23.2 Å². The fraction of sp³-hybridized carbons (Fsp3) is 0.250. The number of nitrogens with one attached hydrogen (secondary N) is 1. The van der Waals surface area contributed by atoms with E-state index in [1.165, 1.54) is 0 Å². The molecule has 1 saturated heterocycles. The minimum Gasteiger partial charge on any atom is -0.487 e. The number of aryl methyl sites for hydroxylation is 1. The van der Waals surface area contributed by atoms with E-state index in [0.717, 1.165) is 27.9 Å². The van der Waals surface area contributed by atoms with Gasteiger partial charge in [0.25, 0.3) is 0 Å². The number of piperidine rings is 1. The Morgan fingerprint density at radius 3 is 2.61 bits per heavy atom. The number of hydrogen-bond donors (Lipinski definition) is 1. The van der Waals surface area contributed by atoms with E-state index in [4.69, 9.17) is 4.74 Å². The van der Waals surface area contributed by atoms with Crippen LogP contribution in [0.1, 0.15) is 41.1 Å². The van der Waals surface area contributed by atoms with Crippen LogP contribution >= 0.6 is 0 Å². The number of nitriles is 1. The van der Waals surface area contributed by atoms with Crippen molar-refractivity contribution in [1.82, 2.24) is 15.1 Å². The Morgan fingerprint density at radius 1 is 1.19 bits per heavy atom. The second kappa shape index (κ2) is 8.44. The number of ether oxygens (including phenoxy) is 1. The summed E-state index contributed by atoms with van der Waals surface area (Å²) < 4.78 is 7.53. The predicted molar refractivity (Wildman–Crippen MR) is 114 cm³/mol. The fourth-order valence-corrected chi connectivity index (χ4v) is 3.98. The lowest BCUT2D eigenvalue weighted by molar-refractivity contribution is -0.134. The number of hydrogen-bond acceptors (Lipinski definition) is 5. The molecule has 0 radical (unpaired) electrons. The summed E-state index contributed by atoms with van der Waals surface area (Å²) in [4.78, 5) is 23.9. The Kier molecular flexibility index (Phi) is 5.54. The van der Waals surface area contributed by atoms with Gasteiger partial charge < -0.3 is 4.74 Å². The zero-order valence-corrected chi connectivity index (χ0v) is 17.4. The Bertz CT molecular complexity index is 1190. The summed E-state index contributed by atoms with van der Waals surface area (Å²) in [6, 6.07) is 15.2. The minimum atomic E-state index is -0.398. The SMILES string of the molecule is Cc1c(C2CCC(=O)NC2=O)ccc(C#N)c1-c1ccc(OCc2ccn(C)n2)cc1. The highest BCUT2D eigenvalue weighted by molar-refractivity contribution is 6.01. The molecule has 1 N–H and O–H groups in total. The molecule has 1 atom stereocenters. The molecule has 2 amide bonds. The van der Waals surface area contributed by atoms with E-state index in [-0.39, 0.29) is 11.8 Å². The number of amides is 2. The Labute approximate surface area is 180 Å². The Balaban J connectivity index is 1.61. The predicted octanol–water partition coefficient (Wildman–Crippen LogP) is 3.37. The number of carbonyl (C=O) groups is 2. The maximum Gasteiger partial charge on any atom is 0.234 e. The first-order valence-electron chi connectivity index (χ1n) is 10.1. The summed E-state index contributed by atoms with van der Waals surface area (Å²) in [7, 11) is 1.86. The van der Waals surface area contributed by atoms with Gasteiger partial charge in [-0.3, -0.25) is 19.6 Å². The van der Waals surface area contributed by atoms with Gasteiger partial charge in [0.1, 0.15) is 12.4 Å². The zero-order valence-electron chi connectivity index (χ0n) is 17.4. The quantitative estimate of drug-likeness (QED) is 0.646. The smallest absolute Gasteiger partial charge is 0.234 e. The van der Waals surface area contributed by atoms with Crippen LogP contribution in [0.15, 0.2) is 48.7 Å². The Morgan fingerprint density at radius 2 is 1.97 bits per heavy atom. The lowest BCUT2D eigenvalue weighted by Gasteiger charge is -2.24. The van der Waals surface area contributed by atoms with E-state index >= 15 is 0 Å². The summed E-state index contributed by atoms with van der Waals surface area (Å²) in [6.45, 7) is 2.29. The molecule has 0 spiro atoms. The van der Waals surface area contributed by atoms with E-state index in [2.05, 4.69) is 16.5 Å². The average molecular weight is 414 g/mol. The van der Waals surface area contributed by atoms with Crippen molar-refractivity contribution in [3.8, 4) is 22.9 Å². The molecule has 0 aliphatic carbocycles. The van der Waals surface area contributed by atoms with Crippen LogP contribution in [0.5, 0.6) is 5.75 Å². The van der Waals surface area contributed by atoms with Crippen molar-refractivity contribution in [3.63, 3.8) is 0 Å². The molecule has 0 bridgehead atoms. The van der Waals surface area contributed by atoms with Gasteiger partial charge >= 0.3 is 0 Å². The van der Waals surface area contributed by atoms with Gasteiger partial charge in [0.15, 0.2) is 0 Å². The van der Waals surface area contributed by atoms with Crippen molar-refractivity contribution >= 4 is 11.8 Å². The normalized spacial score (nSPS) is 16.0. The molecule has 7 nitrogen and oxygen atoms in total. The molecule has 3 aromatic rings. The Hall–Kier alpha value is -3.92. The molecule has 1 aliphatic rings. The van der Waals surface area contributed by atoms with Crippen LogP contribution in [-0.4, -0.2) is 21.6 Å². The summed E-state index contributed by atoms with van der Waals surface area (Å²) in [6.07, 6.45) is 2.65. The van der Waals surface area contributed by atoms with Crippen LogP contribution in [0.25, 0.3) is 11.1 Å². The van der Waals surface area contributed by atoms with Crippen molar-refractivity contribution in [2.45, 2.75) is 32.3 Å². The van der Waals surface area contributed by atoms with Gasteiger partial charge in [-0.15, -0.1) is 0 Å². The van der Waals surface area contributed by atoms with Gasteiger partial charge in [-0.1, -0.05) is 18.2 Å². The highest BCUT2D eigenvalue weighted by Crippen LogP contribution is 2.36. The molecule has 0 saturated carbocycles. The summed E-state index contributed by atoms with van der Waals surface area (Å²) in [5.74, 6) is -0.223. The van der Waals surface area contributed by atoms with Gasteiger partial charge in [0.05, 0.1) is 23.2 Å².